The molecule has 0 unspecified atom stereocenters. The highest BCUT2D eigenvalue weighted by Gasteiger charge is 2.23. The monoisotopic (exact) mass is 233 g/mol. The van der Waals surface area contributed by atoms with Gasteiger partial charge in [0, 0.05) is 32.0 Å². The maximum atomic E-state index is 4.19. The molecule has 1 aliphatic rings. The fourth-order valence-electron chi connectivity index (χ4n) is 2.48. The van der Waals surface area contributed by atoms with Gasteiger partial charge in [-0.2, -0.15) is 0 Å². The molecule has 0 amide bonds. The highest BCUT2D eigenvalue weighted by molar-refractivity contribution is 5.08. The van der Waals surface area contributed by atoms with Gasteiger partial charge in [0.1, 0.15) is 0 Å². The lowest BCUT2D eigenvalue weighted by atomic mass is 9.91. The molecule has 2 rings (SSSR count). The minimum atomic E-state index is 0.350. The molecule has 0 spiro atoms. The Morgan fingerprint density at radius 3 is 3.12 bits per heavy atom. The quantitative estimate of drug-likeness (QED) is 0.845. The highest BCUT2D eigenvalue weighted by atomic mass is 15.1. The summed E-state index contributed by atoms with van der Waals surface area (Å²) in [5.74, 6) is 0. The highest BCUT2D eigenvalue weighted by Crippen LogP contribution is 2.19. The third kappa shape index (κ3) is 4.10. The van der Waals surface area contributed by atoms with Gasteiger partial charge < -0.3 is 5.32 Å². The smallest absolute Gasteiger partial charge is 0.0312 e. The first-order valence-corrected chi connectivity index (χ1v) is 6.48. The van der Waals surface area contributed by atoms with E-state index in [-0.39, 0.29) is 0 Å². The second-order valence-corrected chi connectivity index (χ2v) is 5.77. The Labute approximate surface area is 104 Å². The van der Waals surface area contributed by atoms with Gasteiger partial charge in [-0.3, -0.25) is 9.88 Å². The Morgan fingerprint density at radius 1 is 1.47 bits per heavy atom. The van der Waals surface area contributed by atoms with Crippen molar-refractivity contribution < 1.29 is 0 Å². The van der Waals surface area contributed by atoms with Crippen LogP contribution in [0.15, 0.2) is 24.5 Å². The van der Waals surface area contributed by atoms with E-state index in [9.17, 15) is 0 Å². The van der Waals surface area contributed by atoms with E-state index in [0.717, 1.165) is 26.2 Å². The van der Waals surface area contributed by atoms with Gasteiger partial charge in [-0.1, -0.05) is 19.9 Å². The predicted molar refractivity (Wildman–Crippen MR) is 70.8 cm³/mol. The molecule has 0 radical (unpaired) electrons. The molecule has 0 saturated carbocycles. The van der Waals surface area contributed by atoms with Crippen LogP contribution in [0.5, 0.6) is 0 Å². The van der Waals surface area contributed by atoms with E-state index >= 15 is 0 Å². The molecule has 0 bridgehead atoms. The van der Waals surface area contributed by atoms with Crippen LogP contribution in [0.2, 0.25) is 0 Å². The maximum Gasteiger partial charge on any atom is 0.0312 e. The summed E-state index contributed by atoms with van der Waals surface area (Å²) >= 11 is 0. The van der Waals surface area contributed by atoms with E-state index in [1.165, 1.54) is 18.5 Å². The number of nitrogens with zero attached hydrogens (tertiary/aromatic N) is 2. The fourth-order valence-corrected chi connectivity index (χ4v) is 2.48. The van der Waals surface area contributed by atoms with Crippen LogP contribution in [-0.4, -0.2) is 36.1 Å². The van der Waals surface area contributed by atoms with Crippen LogP contribution < -0.4 is 5.32 Å². The van der Waals surface area contributed by atoms with Gasteiger partial charge in [0.05, 0.1) is 0 Å². The van der Waals surface area contributed by atoms with Crippen molar-refractivity contribution in [1.82, 2.24) is 15.2 Å². The van der Waals surface area contributed by atoms with E-state index in [2.05, 4.69) is 35.1 Å². The molecule has 3 heteroatoms. The van der Waals surface area contributed by atoms with Crippen LogP contribution >= 0.6 is 0 Å². The van der Waals surface area contributed by atoms with Crippen LogP contribution in [0.25, 0.3) is 0 Å². The van der Waals surface area contributed by atoms with Crippen molar-refractivity contribution in [3.8, 4) is 0 Å². The zero-order valence-corrected chi connectivity index (χ0v) is 10.9. The Morgan fingerprint density at radius 2 is 2.35 bits per heavy atom. The van der Waals surface area contributed by atoms with Crippen LogP contribution in [0.1, 0.15) is 25.8 Å². The van der Waals surface area contributed by atoms with Crippen LogP contribution in [0, 0.1) is 5.41 Å². The first-order chi connectivity index (χ1) is 8.16. The van der Waals surface area contributed by atoms with Crippen molar-refractivity contribution in [2.45, 2.75) is 26.8 Å². The van der Waals surface area contributed by atoms with Gasteiger partial charge in [-0.25, -0.2) is 0 Å². The normalized spacial score (nSPS) is 21.8. The van der Waals surface area contributed by atoms with E-state index < -0.39 is 0 Å². The second kappa shape index (κ2) is 5.61. The molecule has 0 atom stereocenters. The van der Waals surface area contributed by atoms with Crippen molar-refractivity contribution in [2.24, 2.45) is 5.41 Å². The van der Waals surface area contributed by atoms with Crippen LogP contribution in [0.3, 0.4) is 0 Å². The summed E-state index contributed by atoms with van der Waals surface area (Å²) in [6.45, 7) is 10.3. The number of nitrogens with one attached hydrogen (secondary N) is 1. The van der Waals surface area contributed by atoms with E-state index in [4.69, 9.17) is 0 Å². The van der Waals surface area contributed by atoms with Crippen molar-refractivity contribution in [2.75, 3.05) is 26.2 Å². The summed E-state index contributed by atoms with van der Waals surface area (Å²) in [5.41, 5.74) is 1.67. The zero-order valence-electron chi connectivity index (χ0n) is 10.9. The molecule has 1 aromatic heterocycles. The molecule has 1 N–H and O–H groups in total. The summed E-state index contributed by atoms with van der Waals surface area (Å²) in [6.07, 6.45) is 5.05. The average Bonchev–Trinajstić information content (AvgIpc) is 2.27. The first-order valence-electron chi connectivity index (χ1n) is 6.48. The van der Waals surface area contributed by atoms with E-state index in [1.807, 2.05) is 18.5 Å². The maximum absolute atomic E-state index is 4.19. The summed E-state index contributed by atoms with van der Waals surface area (Å²) in [7, 11) is 0. The Hall–Kier alpha value is -0.930. The summed E-state index contributed by atoms with van der Waals surface area (Å²) in [6, 6.07) is 4.18. The predicted octanol–water partition coefficient (Wildman–Crippen LogP) is 1.90. The Bertz CT molecular complexity index is 335. The fraction of sp³-hybridized carbons (Fsp3) is 0.643. The van der Waals surface area contributed by atoms with Crippen molar-refractivity contribution in [3.63, 3.8) is 0 Å². The van der Waals surface area contributed by atoms with Crippen molar-refractivity contribution in [3.05, 3.63) is 30.1 Å². The van der Waals surface area contributed by atoms with Crippen LogP contribution in [-0.2, 0) is 6.54 Å². The van der Waals surface area contributed by atoms with E-state index in [1.54, 1.807) is 0 Å². The molecule has 1 fully saturated rings. The summed E-state index contributed by atoms with van der Waals surface area (Å²) in [4.78, 5) is 6.74. The number of pyridine rings is 1. The minimum Gasteiger partial charge on any atom is -0.316 e. The minimum absolute atomic E-state index is 0.350. The number of rotatable bonds is 2. The summed E-state index contributed by atoms with van der Waals surface area (Å²) < 4.78 is 0. The molecule has 0 aliphatic carbocycles. The van der Waals surface area contributed by atoms with Crippen LogP contribution in [0.4, 0.5) is 0 Å². The molecule has 0 aromatic carbocycles. The molecule has 17 heavy (non-hydrogen) atoms. The average molecular weight is 233 g/mol. The number of aromatic nitrogens is 1. The standard InChI is InChI=1S/C14H23N3/c1-14(2)11-16-7-4-8-17(12-14)10-13-5-3-6-15-9-13/h3,5-6,9,16H,4,7-8,10-12H2,1-2H3. The lowest BCUT2D eigenvalue weighted by molar-refractivity contribution is 0.151. The van der Waals surface area contributed by atoms with Gasteiger partial charge in [-0.15, -0.1) is 0 Å². The van der Waals surface area contributed by atoms with Gasteiger partial charge in [-0.05, 0) is 36.6 Å². The molecule has 94 valence electrons. The zero-order chi connectivity index (χ0) is 12.1. The Balaban J connectivity index is 1.98. The summed E-state index contributed by atoms with van der Waals surface area (Å²) in [5, 5.41) is 3.52. The van der Waals surface area contributed by atoms with Crippen molar-refractivity contribution >= 4 is 0 Å². The number of hydrogen-bond acceptors (Lipinski definition) is 3. The second-order valence-electron chi connectivity index (χ2n) is 5.77. The molecule has 1 aromatic rings. The van der Waals surface area contributed by atoms with Gasteiger partial charge in [0.2, 0.25) is 0 Å². The molecular weight excluding hydrogens is 210 g/mol. The first kappa shape index (κ1) is 12.5. The number of hydrogen-bond donors (Lipinski definition) is 1. The van der Waals surface area contributed by atoms with E-state index in [0.29, 0.717) is 5.41 Å². The topological polar surface area (TPSA) is 28.2 Å². The third-order valence-corrected chi connectivity index (χ3v) is 3.21. The molecule has 2 heterocycles. The largest absolute Gasteiger partial charge is 0.316 e. The van der Waals surface area contributed by atoms with Crippen molar-refractivity contribution in [1.29, 1.82) is 0 Å². The lowest BCUT2D eigenvalue weighted by Gasteiger charge is -2.35. The molecule has 3 nitrogen and oxygen atoms in total. The Kier molecular flexibility index (Phi) is 4.13. The molecule has 1 aliphatic heterocycles. The molecular formula is C14H23N3. The van der Waals surface area contributed by atoms with Gasteiger partial charge >= 0.3 is 0 Å². The lowest BCUT2D eigenvalue weighted by Crippen LogP contribution is -2.44. The SMILES string of the molecule is CC1(C)CNCCCN(Cc2cccnc2)C1. The van der Waals surface area contributed by atoms with Gasteiger partial charge in [0.15, 0.2) is 0 Å². The van der Waals surface area contributed by atoms with Gasteiger partial charge in [0.25, 0.3) is 0 Å². The third-order valence-electron chi connectivity index (χ3n) is 3.21. The molecule has 1 saturated heterocycles.